The van der Waals surface area contributed by atoms with Crippen LogP contribution in [0.3, 0.4) is 0 Å². The molecule has 1 atom stereocenters. The van der Waals surface area contributed by atoms with Crippen molar-refractivity contribution < 1.29 is 0 Å². The van der Waals surface area contributed by atoms with Crippen molar-refractivity contribution in [3.05, 3.63) is 0 Å². The summed E-state index contributed by atoms with van der Waals surface area (Å²) >= 11 is 6.11. The molecule has 1 unspecified atom stereocenters. The van der Waals surface area contributed by atoms with Crippen LogP contribution in [-0.4, -0.2) is 32.7 Å². The Kier molecular flexibility index (Phi) is 38.1. The fourth-order valence-corrected chi connectivity index (χ4v) is 8.63. The third kappa shape index (κ3) is 33.4. The Labute approximate surface area is 275 Å². The maximum absolute atomic E-state index is 6.11. The van der Waals surface area contributed by atoms with Gasteiger partial charge in [-0.3, -0.25) is 0 Å². The number of alkyl halides is 1. The summed E-state index contributed by atoms with van der Waals surface area (Å²) in [5, 5.41) is 0. The smallest absolute Gasteiger partial charge is 0.0965 e. The highest BCUT2D eigenvalue weighted by molar-refractivity contribution is 6.35. The second-order valence-electron chi connectivity index (χ2n) is 14.0. The maximum atomic E-state index is 6.11. The lowest BCUT2D eigenvalue weighted by molar-refractivity contribution is 0.315. The first-order valence-electron chi connectivity index (χ1n) is 20.1. The minimum atomic E-state index is -0.153. The normalized spacial score (nSPS) is 12.8. The van der Waals surface area contributed by atoms with Gasteiger partial charge in [-0.05, 0) is 31.5 Å². The summed E-state index contributed by atoms with van der Waals surface area (Å²) in [5.41, 5.74) is 0. The molecule has 0 saturated carbocycles. The van der Waals surface area contributed by atoms with Gasteiger partial charge >= 0.3 is 0 Å². The van der Waals surface area contributed by atoms with Crippen molar-refractivity contribution in [1.82, 2.24) is 4.57 Å². The molecule has 3 heteroatoms. The highest BCUT2D eigenvalue weighted by atomic mass is 35.5. The second kappa shape index (κ2) is 37.7. The van der Waals surface area contributed by atoms with E-state index in [-0.39, 0.29) is 9.68 Å². The standard InChI is InChI=1S/C39H82ClNSi/c1-4-6-8-10-12-14-16-18-20-22-24-26-28-30-32-34-37-41(42-38-36-40)39(3)35-33-31-29-27-25-23-21-19-17-15-13-11-9-7-5-2/h39H,4-38,42H2,1-3H3. The highest BCUT2D eigenvalue weighted by Crippen LogP contribution is 2.17. The molecule has 0 rings (SSSR count). The van der Waals surface area contributed by atoms with Gasteiger partial charge in [0, 0.05) is 5.88 Å². The maximum Gasteiger partial charge on any atom is 0.0965 e. The van der Waals surface area contributed by atoms with Gasteiger partial charge in [0.15, 0.2) is 0 Å². The van der Waals surface area contributed by atoms with Crippen LogP contribution in [0.5, 0.6) is 0 Å². The van der Waals surface area contributed by atoms with Crippen molar-refractivity contribution in [2.24, 2.45) is 0 Å². The first kappa shape index (κ1) is 42.5. The van der Waals surface area contributed by atoms with Crippen molar-refractivity contribution in [2.45, 2.75) is 238 Å². The molecule has 0 bridgehead atoms. The van der Waals surface area contributed by atoms with Crippen molar-refractivity contribution in [2.75, 3.05) is 12.4 Å². The van der Waals surface area contributed by atoms with Crippen LogP contribution in [0, 0.1) is 0 Å². The van der Waals surface area contributed by atoms with Gasteiger partial charge in [0.2, 0.25) is 0 Å². The average Bonchev–Trinajstić information content (AvgIpc) is 3.00. The van der Waals surface area contributed by atoms with Crippen molar-refractivity contribution in [3.63, 3.8) is 0 Å². The molecule has 0 amide bonds. The van der Waals surface area contributed by atoms with Gasteiger partial charge in [0.1, 0.15) is 0 Å². The Morgan fingerprint density at radius 1 is 0.429 bits per heavy atom. The molecular weight excluding hydrogens is 546 g/mol. The summed E-state index contributed by atoms with van der Waals surface area (Å²) in [6.45, 7) is 8.48. The van der Waals surface area contributed by atoms with Gasteiger partial charge in [-0.15, -0.1) is 11.6 Å². The first-order chi connectivity index (χ1) is 20.8. The molecule has 0 spiro atoms. The third-order valence-electron chi connectivity index (χ3n) is 9.73. The summed E-state index contributed by atoms with van der Waals surface area (Å²) in [4.78, 5) is 0. The molecule has 0 radical (unpaired) electrons. The topological polar surface area (TPSA) is 3.24 Å². The van der Waals surface area contributed by atoms with Gasteiger partial charge in [0.25, 0.3) is 0 Å². The molecule has 0 aromatic rings. The Balaban J connectivity index is 3.58. The van der Waals surface area contributed by atoms with E-state index in [0.29, 0.717) is 0 Å². The summed E-state index contributed by atoms with van der Waals surface area (Å²) < 4.78 is 2.90. The molecular formula is C39H82ClNSi. The lowest BCUT2D eigenvalue weighted by Gasteiger charge is -2.29. The van der Waals surface area contributed by atoms with Gasteiger partial charge in [-0.1, -0.05) is 213 Å². The Morgan fingerprint density at radius 3 is 1.02 bits per heavy atom. The molecule has 0 aromatic heterocycles. The number of unbranched alkanes of at least 4 members (excludes halogenated alkanes) is 29. The van der Waals surface area contributed by atoms with E-state index in [1.807, 2.05) is 0 Å². The zero-order chi connectivity index (χ0) is 30.6. The minimum absolute atomic E-state index is 0.153. The van der Waals surface area contributed by atoms with Crippen LogP contribution in [0.2, 0.25) is 6.04 Å². The predicted octanol–water partition coefficient (Wildman–Crippen LogP) is 13.9. The Morgan fingerprint density at radius 2 is 0.714 bits per heavy atom. The van der Waals surface area contributed by atoms with Crippen LogP contribution < -0.4 is 0 Å². The monoisotopic (exact) mass is 628 g/mol. The van der Waals surface area contributed by atoms with E-state index in [2.05, 4.69) is 25.3 Å². The average molecular weight is 629 g/mol. The molecule has 0 aliphatic carbocycles. The SMILES string of the molecule is CCCCCCCCCCCCCCCCCCN([SiH2]CCCl)C(C)CCCCCCCCCCCCCCCCC. The molecule has 0 aliphatic rings. The van der Waals surface area contributed by atoms with Crippen LogP contribution in [0.15, 0.2) is 0 Å². The van der Waals surface area contributed by atoms with Crippen molar-refractivity contribution >= 4 is 21.3 Å². The fraction of sp³-hybridized carbons (Fsp3) is 1.00. The summed E-state index contributed by atoms with van der Waals surface area (Å²) in [5.74, 6) is 0.868. The van der Waals surface area contributed by atoms with E-state index in [4.69, 9.17) is 11.6 Å². The molecule has 0 heterocycles. The first-order valence-corrected chi connectivity index (χ1v) is 22.2. The van der Waals surface area contributed by atoms with Crippen LogP contribution >= 0.6 is 11.6 Å². The lowest BCUT2D eigenvalue weighted by Crippen LogP contribution is -2.37. The molecule has 42 heavy (non-hydrogen) atoms. The van der Waals surface area contributed by atoms with E-state index < -0.39 is 0 Å². The zero-order valence-electron chi connectivity index (χ0n) is 29.9. The van der Waals surface area contributed by atoms with Gasteiger partial charge in [0.05, 0.1) is 9.68 Å². The van der Waals surface area contributed by atoms with Gasteiger partial charge in [-0.2, -0.15) is 0 Å². The van der Waals surface area contributed by atoms with Crippen molar-refractivity contribution in [1.29, 1.82) is 0 Å². The predicted molar refractivity (Wildman–Crippen MR) is 199 cm³/mol. The Bertz CT molecular complexity index is 473. The van der Waals surface area contributed by atoms with Crippen LogP contribution in [0.1, 0.15) is 226 Å². The van der Waals surface area contributed by atoms with E-state index in [1.165, 1.54) is 218 Å². The number of halogens is 1. The van der Waals surface area contributed by atoms with Gasteiger partial charge < -0.3 is 4.57 Å². The fourth-order valence-electron chi connectivity index (χ4n) is 6.67. The van der Waals surface area contributed by atoms with E-state index in [0.717, 1.165) is 11.9 Å². The molecule has 0 N–H and O–H groups in total. The van der Waals surface area contributed by atoms with E-state index in [9.17, 15) is 0 Å². The molecule has 0 saturated heterocycles. The summed E-state index contributed by atoms with van der Waals surface area (Å²) in [6, 6.07) is 2.07. The largest absolute Gasteiger partial charge is 0.327 e. The number of nitrogens with zero attached hydrogens (tertiary/aromatic N) is 1. The minimum Gasteiger partial charge on any atom is -0.327 e. The van der Waals surface area contributed by atoms with Crippen LogP contribution in [-0.2, 0) is 0 Å². The van der Waals surface area contributed by atoms with Crippen LogP contribution in [0.4, 0.5) is 0 Å². The molecule has 0 fully saturated rings. The molecule has 1 nitrogen and oxygen atoms in total. The zero-order valence-corrected chi connectivity index (χ0v) is 32.0. The summed E-state index contributed by atoms with van der Waals surface area (Å²) in [6.07, 6.45) is 46.6. The van der Waals surface area contributed by atoms with Gasteiger partial charge in [-0.25, -0.2) is 0 Å². The lowest BCUT2D eigenvalue weighted by atomic mass is 10.0. The molecule has 254 valence electrons. The van der Waals surface area contributed by atoms with Crippen molar-refractivity contribution in [3.8, 4) is 0 Å². The summed E-state index contributed by atoms with van der Waals surface area (Å²) in [7, 11) is -0.153. The second-order valence-corrected chi connectivity index (χ2v) is 16.3. The third-order valence-corrected chi connectivity index (χ3v) is 12.6. The number of hydrogen-bond donors (Lipinski definition) is 0. The van der Waals surface area contributed by atoms with E-state index in [1.54, 1.807) is 0 Å². The Hall–Kier alpha value is 0.467. The number of hydrogen-bond acceptors (Lipinski definition) is 1. The molecule has 0 aromatic carbocycles. The number of rotatable bonds is 37. The molecule has 0 aliphatic heterocycles. The van der Waals surface area contributed by atoms with Crippen LogP contribution in [0.25, 0.3) is 0 Å². The highest BCUT2D eigenvalue weighted by Gasteiger charge is 2.13. The quantitative estimate of drug-likeness (QED) is 0.0376. The van der Waals surface area contributed by atoms with E-state index >= 15 is 0 Å².